The highest BCUT2D eigenvalue weighted by Crippen LogP contribution is 2.17. The molecule has 4 heteroatoms. The van der Waals surface area contributed by atoms with E-state index in [9.17, 15) is 0 Å². The number of rotatable bonds is 3. The average molecular weight is 212 g/mol. The van der Waals surface area contributed by atoms with Gasteiger partial charge in [0.1, 0.15) is 5.76 Å². The van der Waals surface area contributed by atoms with Gasteiger partial charge in [-0.2, -0.15) is 11.8 Å². The van der Waals surface area contributed by atoms with E-state index in [1.54, 1.807) is 0 Å². The Labute approximate surface area is 88.6 Å². The second-order valence-corrected chi connectivity index (χ2v) is 4.92. The Morgan fingerprint density at radius 1 is 1.57 bits per heavy atom. The third-order valence-electron chi connectivity index (χ3n) is 2.47. The third-order valence-corrected chi connectivity index (χ3v) is 3.52. The number of thioether (sulfide) groups is 1. The maximum atomic E-state index is 5.01. The minimum absolute atomic E-state index is 0.674. The molecule has 0 aliphatic carbocycles. The van der Waals surface area contributed by atoms with Crippen molar-refractivity contribution in [2.75, 3.05) is 11.5 Å². The summed E-state index contributed by atoms with van der Waals surface area (Å²) in [6.07, 6.45) is 2.56. The largest absolute Gasteiger partial charge is 0.361 e. The van der Waals surface area contributed by atoms with E-state index in [2.05, 4.69) is 22.2 Å². The first-order valence-corrected chi connectivity index (χ1v) is 6.23. The number of aryl methyl sites for hydroxylation is 1. The molecule has 0 amide bonds. The molecule has 1 fully saturated rings. The molecule has 0 saturated carbocycles. The molecule has 0 radical (unpaired) electrons. The molecular formula is C10H16N2OS. The van der Waals surface area contributed by atoms with Crippen molar-refractivity contribution >= 4 is 11.8 Å². The Morgan fingerprint density at radius 2 is 2.36 bits per heavy atom. The number of aromatic nitrogens is 1. The van der Waals surface area contributed by atoms with Crippen LogP contribution in [-0.2, 0) is 6.54 Å². The van der Waals surface area contributed by atoms with Crippen molar-refractivity contribution in [3.63, 3.8) is 0 Å². The molecule has 0 unspecified atom stereocenters. The predicted octanol–water partition coefficient (Wildman–Crippen LogP) is 1.97. The summed E-state index contributed by atoms with van der Waals surface area (Å²) in [4.78, 5) is 0. The summed E-state index contributed by atoms with van der Waals surface area (Å²) in [6, 6.07) is 2.66. The molecule has 1 saturated heterocycles. The highest BCUT2D eigenvalue weighted by atomic mass is 32.2. The first-order chi connectivity index (χ1) is 6.84. The van der Waals surface area contributed by atoms with Gasteiger partial charge in [-0.05, 0) is 31.3 Å². The summed E-state index contributed by atoms with van der Waals surface area (Å²) >= 11 is 2.05. The summed E-state index contributed by atoms with van der Waals surface area (Å²) in [5.74, 6) is 3.46. The predicted molar refractivity (Wildman–Crippen MR) is 58.4 cm³/mol. The van der Waals surface area contributed by atoms with E-state index in [0.29, 0.717) is 6.04 Å². The van der Waals surface area contributed by atoms with Crippen molar-refractivity contribution in [1.82, 2.24) is 10.5 Å². The standard InChI is InChI=1S/C10H16N2OS/c1-8-6-10(12-13-8)7-11-9-2-4-14-5-3-9/h6,9,11H,2-5,7H2,1H3. The summed E-state index contributed by atoms with van der Waals surface area (Å²) in [6.45, 7) is 2.76. The van der Waals surface area contributed by atoms with Gasteiger partial charge in [-0.25, -0.2) is 0 Å². The Balaban J connectivity index is 1.76. The molecule has 1 aliphatic rings. The number of hydrogen-bond acceptors (Lipinski definition) is 4. The molecule has 0 atom stereocenters. The van der Waals surface area contributed by atoms with Crippen molar-refractivity contribution in [3.8, 4) is 0 Å². The Kier molecular flexibility index (Phi) is 3.48. The van der Waals surface area contributed by atoms with Gasteiger partial charge in [0.15, 0.2) is 0 Å². The zero-order valence-electron chi connectivity index (χ0n) is 8.45. The topological polar surface area (TPSA) is 38.1 Å². The van der Waals surface area contributed by atoms with Crippen LogP contribution in [-0.4, -0.2) is 22.7 Å². The lowest BCUT2D eigenvalue weighted by molar-refractivity contribution is 0.383. The first kappa shape index (κ1) is 10.1. The highest BCUT2D eigenvalue weighted by molar-refractivity contribution is 7.99. The van der Waals surface area contributed by atoms with E-state index < -0.39 is 0 Å². The molecule has 78 valence electrons. The SMILES string of the molecule is Cc1cc(CNC2CCSCC2)no1. The fourth-order valence-electron chi connectivity index (χ4n) is 1.65. The fourth-order valence-corrected chi connectivity index (χ4v) is 2.76. The van der Waals surface area contributed by atoms with E-state index in [-0.39, 0.29) is 0 Å². The van der Waals surface area contributed by atoms with Gasteiger partial charge >= 0.3 is 0 Å². The van der Waals surface area contributed by atoms with Crippen LogP contribution in [0.5, 0.6) is 0 Å². The Morgan fingerprint density at radius 3 is 3.00 bits per heavy atom. The molecular weight excluding hydrogens is 196 g/mol. The third kappa shape index (κ3) is 2.75. The minimum atomic E-state index is 0.674. The molecule has 1 N–H and O–H groups in total. The molecule has 2 rings (SSSR count). The van der Waals surface area contributed by atoms with Crippen LogP contribution in [0, 0.1) is 6.92 Å². The lowest BCUT2D eigenvalue weighted by atomic mass is 10.1. The second kappa shape index (κ2) is 4.84. The van der Waals surface area contributed by atoms with Gasteiger partial charge in [0.05, 0.1) is 5.69 Å². The molecule has 0 aromatic carbocycles. The van der Waals surface area contributed by atoms with E-state index in [1.807, 2.05) is 13.0 Å². The van der Waals surface area contributed by atoms with Gasteiger partial charge in [0, 0.05) is 18.7 Å². The fraction of sp³-hybridized carbons (Fsp3) is 0.700. The van der Waals surface area contributed by atoms with Gasteiger partial charge in [0.2, 0.25) is 0 Å². The summed E-state index contributed by atoms with van der Waals surface area (Å²) in [5, 5.41) is 7.47. The van der Waals surface area contributed by atoms with Crippen molar-refractivity contribution in [2.45, 2.75) is 32.4 Å². The van der Waals surface area contributed by atoms with E-state index >= 15 is 0 Å². The van der Waals surface area contributed by atoms with Gasteiger partial charge in [0.25, 0.3) is 0 Å². The number of nitrogens with one attached hydrogen (secondary N) is 1. The zero-order chi connectivity index (χ0) is 9.80. The van der Waals surface area contributed by atoms with Crippen LogP contribution in [0.3, 0.4) is 0 Å². The molecule has 3 nitrogen and oxygen atoms in total. The normalized spacial score (nSPS) is 18.6. The van der Waals surface area contributed by atoms with E-state index in [1.165, 1.54) is 24.3 Å². The molecule has 0 bridgehead atoms. The van der Waals surface area contributed by atoms with Crippen LogP contribution in [0.25, 0.3) is 0 Å². The van der Waals surface area contributed by atoms with Crippen molar-refractivity contribution in [3.05, 3.63) is 17.5 Å². The van der Waals surface area contributed by atoms with Gasteiger partial charge in [-0.15, -0.1) is 0 Å². The van der Waals surface area contributed by atoms with Crippen LogP contribution >= 0.6 is 11.8 Å². The monoisotopic (exact) mass is 212 g/mol. The summed E-state index contributed by atoms with van der Waals surface area (Å²) in [5.41, 5.74) is 1.01. The van der Waals surface area contributed by atoms with E-state index in [0.717, 1.165) is 18.0 Å². The van der Waals surface area contributed by atoms with Gasteiger partial charge in [-0.1, -0.05) is 5.16 Å². The zero-order valence-corrected chi connectivity index (χ0v) is 9.27. The molecule has 2 heterocycles. The smallest absolute Gasteiger partial charge is 0.133 e. The second-order valence-electron chi connectivity index (χ2n) is 3.70. The van der Waals surface area contributed by atoms with Crippen molar-refractivity contribution < 1.29 is 4.52 Å². The van der Waals surface area contributed by atoms with E-state index in [4.69, 9.17) is 4.52 Å². The lowest BCUT2D eigenvalue weighted by Crippen LogP contribution is -2.32. The van der Waals surface area contributed by atoms with Crippen LogP contribution in [0.1, 0.15) is 24.3 Å². The molecule has 1 aromatic rings. The average Bonchev–Trinajstić information content (AvgIpc) is 2.63. The molecule has 1 aromatic heterocycles. The maximum Gasteiger partial charge on any atom is 0.133 e. The summed E-state index contributed by atoms with van der Waals surface area (Å²) < 4.78 is 5.01. The van der Waals surface area contributed by atoms with Crippen molar-refractivity contribution in [2.24, 2.45) is 0 Å². The van der Waals surface area contributed by atoms with Crippen LogP contribution in [0.4, 0.5) is 0 Å². The number of nitrogens with zero attached hydrogens (tertiary/aromatic N) is 1. The quantitative estimate of drug-likeness (QED) is 0.831. The van der Waals surface area contributed by atoms with Gasteiger partial charge in [-0.3, -0.25) is 0 Å². The van der Waals surface area contributed by atoms with Gasteiger partial charge < -0.3 is 9.84 Å². The number of hydrogen-bond donors (Lipinski definition) is 1. The lowest BCUT2D eigenvalue weighted by Gasteiger charge is -2.21. The summed E-state index contributed by atoms with van der Waals surface area (Å²) in [7, 11) is 0. The minimum Gasteiger partial charge on any atom is -0.361 e. The molecule has 14 heavy (non-hydrogen) atoms. The first-order valence-electron chi connectivity index (χ1n) is 5.08. The van der Waals surface area contributed by atoms with Crippen LogP contribution in [0.2, 0.25) is 0 Å². The Hall–Kier alpha value is -0.480. The molecule has 0 spiro atoms. The van der Waals surface area contributed by atoms with Crippen molar-refractivity contribution in [1.29, 1.82) is 0 Å². The Bertz CT molecular complexity index is 281. The van der Waals surface area contributed by atoms with Crippen LogP contribution in [0.15, 0.2) is 10.6 Å². The molecule has 1 aliphatic heterocycles. The van der Waals surface area contributed by atoms with Crippen LogP contribution < -0.4 is 5.32 Å². The maximum absolute atomic E-state index is 5.01. The highest BCUT2D eigenvalue weighted by Gasteiger charge is 2.13.